The number of hydrogen-bond acceptors (Lipinski definition) is 3. The number of rotatable bonds is 6. The summed E-state index contributed by atoms with van der Waals surface area (Å²) >= 11 is 0. The number of carbonyl (C=O) groups excluding carboxylic acids is 1. The molecule has 0 aliphatic heterocycles. The maximum atomic E-state index is 12.5. The van der Waals surface area contributed by atoms with Crippen molar-refractivity contribution in [3.8, 4) is 5.75 Å². The predicted octanol–water partition coefficient (Wildman–Crippen LogP) is 4.46. The van der Waals surface area contributed by atoms with Gasteiger partial charge in [0.05, 0.1) is 5.69 Å². The van der Waals surface area contributed by atoms with Gasteiger partial charge in [0, 0.05) is 11.3 Å². The molecule has 0 aliphatic rings. The number of aryl methyl sites for hydroxylation is 1. The monoisotopic (exact) mass is 326 g/mol. The first-order valence-electron chi connectivity index (χ1n) is 8.25. The normalized spacial score (nSPS) is 10.9. The lowest BCUT2D eigenvalue weighted by Crippen LogP contribution is -2.22. The number of nitrogens with zero attached hydrogens (tertiary/aromatic N) is 2. The van der Waals surface area contributed by atoms with Crippen LogP contribution < -0.4 is 4.74 Å². The lowest BCUT2D eigenvalue weighted by atomic mass is 10.0. The van der Waals surface area contributed by atoms with Gasteiger partial charge in [-0.05, 0) is 44.7 Å². The van der Waals surface area contributed by atoms with E-state index in [4.69, 9.17) is 4.74 Å². The number of benzene rings is 1. The molecule has 4 heteroatoms. The van der Waals surface area contributed by atoms with E-state index >= 15 is 0 Å². The van der Waals surface area contributed by atoms with Crippen LogP contribution in [0.3, 0.4) is 0 Å². The molecular formula is C20H26N2O2. The van der Waals surface area contributed by atoms with Gasteiger partial charge in [-0.15, -0.1) is 0 Å². The number of hydrogen-bond donors (Lipinski definition) is 0. The molecule has 0 bridgehead atoms. The highest BCUT2D eigenvalue weighted by atomic mass is 16.5. The van der Waals surface area contributed by atoms with Crippen LogP contribution in [0, 0.1) is 13.8 Å². The summed E-state index contributed by atoms with van der Waals surface area (Å²) in [5, 5.41) is 4.38. The van der Waals surface area contributed by atoms with Crippen LogP contribution in [0.2, 0.25) is 0 Å². The zero-order valence-corrected chi connectivity index (χ0v) is 15.2. The van der Waals surface area contributed by atoms with Gasteiger partial charge in [0.25, 0.3) is 5.91 Å². The molecule has 24 heavy (non-hydrogen) atoms. The van der Waals surface area contributed by atoms with Gasteiger partial charge in [0.15, 0.2) is 6.61 Å². The maximum Gasteiger partial charge on any atom is 0.284 e. The van der Waals surface area contributed by atoms with Crippen LogP contribution in [0.15, 0.2) is 36.4 Å². The maximum absolute atomic E-state index is 12.5. The molecule has 0 saturated carbocycles. The SMILES string of the molecule is C=C(C)Cc1c(C)nn(C(=O)COc2ccccc2C(C)C)c1C. The fourth-order valence-corrected chi connectivity index (χ4v) is 2.77. The minimum atomic E-state index is -0.165. The van der Waals surface area contributed by atoms with Crippen LogP contribution >= 0.6 is 0 Å². The highest BCUT2D eigenvalue weighted by Gasteiger charge is 2.17. The van der Waals surface area contributed by atoms with Gasteiger partial charge >= 0.3 is 0 Å². The second-order valence-electron chi connectivity index (χ2n) is 6.57. The van der Waals surface area contributed by atoms with Crippen molar-refractivity contribution >= 4 is 5.91 Å². The molecule has 0 radical (unpaired) electrons. The van der Waals surface area contributed by atoms with Gasteiger partial charge < -0.3 is 4.74 Å². The Bertz CT molecular complexity index is 757. The first-order chi connectivity index (χ1) is 11.3. The van der Waals surface area contributed by atoms with E-state index in [9.17, 15) is 4.79 Å². The van der Waals surface area contributed by atoms with Gasteiger partial charge in [0.2, 0.25) is 0 Å². The Morgan fingerprint density at radius 1 is 1.29 bits per heavy atom. The Morgan fingerprint density at radius 3 is 2.58 bits per heavy atom. The topological polar surface area (TPSA) is 44.1 Å². The van der Waals surface area contributed by atoms with Gasteiger partial charge in [0.1, 0.15) is 5.75 Å². The molecule has 1 heterocycles. The van der Waals surface area contributed by atoms with E-state index in [1.165, 1.54) is 4.68 Å². The Hall–Kier alpha value is -2.36. The van der Waals surface area contributed by atoms with Crippen LogP contribution in [0.4, 0.5) is 0 Å². The Kier molecular flexibility index (Phi) is 5.60. The van der Waals surface area contributed by atoms with Crippen molar-refractivity contribution in [1.82, 2.24) is 9.78 Å². The summed E-state index contributed by atoms with van der Waals surface area (Å²) in [6, 6.07) is 7.82. The van der Waals surface area contributed by atoms with Gasteiger partial charge in [-0.25, -0.2) is 4.68 Å². The zero-order chi connectivity index (χ0) is 17.9. The largest absolute Gasteiger partial charge is 0.483 e. The highest BCUT2D eigenvalue weighted by Crippen LogP contribution is 2.26. The summed E-state index contributed by atoms with van der Waals surface area (Å²) in [5.74, 6) is 0.929. The molecule has 0 saturated heterocycles. The van der Waals surface area contributed by atoms with Crippen molar-refractivity contribution in [1.29, 1.82) is 0 Å². The summed E-state index contributed by atoms with van der Waals surface area (Å²) in [7, 11) is 0. The number of carbonyl (C=O) groups is 1. The minimum Gasteiger partial charge on any atom is -0.483 e. The van der Waals surface area contributed by atoms with Crippen molar-refractivity contribution < 1.29 is 9.53 Å². The third-order valence-corrected chi connectivity index (χ3v) is 4.05. The van der Waals surface area contributed by atoms with Gasteiger partial charge in [-0.2, -0.15) is 5.10 Å². The average molecular weight is 326 g/mol. The second kappa shape index (κ2) is 7.47. The van der Waals surface area contributed by atoms with Gasteiger partial charge in [-0.1, -0.05) is 44.2 Å². The molecule has 0 aliphatic carbocycles. The molecule has 0 fully saturated rings. The fourth-order valence-electron chi connectivity index (χ4n) is 2.77. The van der Waals surface area contributed by atoms with Crippen molar-refractivity contribution in [2.75, 3.05) is 6.61 Å². The predicted molar refractivity (Wildman–Crippen MR) is 96.9 cm³/mol. The van der Waals surface area contributed by atoms with Crippen molar-refractivity contribution in [3.63, 3.8) is 0 Å². The third kappa shape index (κ3) is 3.94. The summed E-state index contributed by atoms with van der Waals surface area (Å²) < 4.78 is 7.22. The average Bonchev–Trinajstić information content (AvgIpc) is 2.80. The summed E-state index contributed by atoms with van der Waals surface area (Å²) in [6.45, 7) is 13.9. The van der Waals surface area contributed by atoms with E-state index in [0.29, 0.717) is 5.92 Å². The molecule has 1 aromatic carbocycles. The molecule has 2 rings (SSSR count). The van der Waals surface area contributed by atoms with Crippen LogP contribution in [-0.2, 0) is 6.42 Å². The molecular weight excluding hydrogens is 300 g/mol. The van der Waals surface area contributed by atoms with Gasteiger partial charge in [-0.3, -0.25) is 4.79 Å². The number of aromatic nitrogens is 2. The smallest absolute Gasteiger partial charge is 0.284 e. The molecule has 0 atom stereocenters. The Balaban J connectivity index is 2.16. The number of allylic oxidation sites excluding steroid dienone is 1. The summed E-state index contributed by atoms with van der Waals surface area (Å²) in [5.41, 5.74) is 4.95. The quantitative estimate of drug-likeness (QED) is 0.736. The van der Waals surface area contributed by atoms with E-state index in [2.05, 4.69) is 25.5 Å². The third-order valence-electron chi connectivity index (χ3n) is 4.05. The second-order valence-corrected chi connectivity index (χ2v) is 6.57. The highest BCUT2D eigenvalue weighted by molar-refractivity contribution is 5.80. The lowest BCUT2D eigenvalue weighted by molar-refractivity contribution is 0.0817. The summed E-state index contributed by atoms with van der Waals surface area (Å²) in [4.78, 5) is 12.5. The molecule has 0 unspecified atom stereocenters. The zero-order valence-electron chi connectivity index (χ0n) is 15.2. The first-order valence-corrected chi connectivity index (χ1v) is 8.25. The first kappa shape index (κ1) is 18.0. The molecule has 4 nitrogen and oxygen atoms in total. The van der Waals surface area contributed by atoms with E-state index in [1.54, 1.807) is 0 Å². The number of ether oxygens (including phenoxy) is 1. The van der Waals surface area contributed by atoms with E-state index in [1.807, 2.05) is 45.0 Å². The molecule has 2 aromatic rings. The Labute approximate surface area is 144 Å². The van der Waals surface area contributed by atoms with E-state index in [-0.39, 0.29) is 12.5 Å². The molecule has 0 amide bonds. The lowest BCUT2D eigenvalue weighted by Gasteiger charge is -2.13. The van der Waals surface area contributed by atoms with Crippen molar-refractivity contribution in [2.45, 2.75) is 47.0 Å². The van der Waals surface area contributed by atoms with E-state index < -0.39 is 0 Å². The molecule has 1 aromatic heterocycles. The Morgan fingerprint density at radius 2 is 1.96 bits per heavy atom. The molecule has 0 N–H and O–H groups in total. The minimum absolute atomic E-state index is 0.0296. The molecule has 0 spiro atoms. The summed E-state index contributed by atoms with van der Waals surface area (Å²) in [6.07, 6.45) is 0.738. The van der Waals surface area contributed by atoms with Crippen LogP contribution in [0.25, 0.3) is 0 Å². The van der Waals surface area contributed by atoms with E-state index in [0.717, 1.165) is 40.3 Å². The standard InChI is InChI=1S/C20H26N2O2/c1-13(2)11-18-15(5)21-22(16(18)6)20(23)12-24-19-10-8-7-9-17(19)14(3)4/h7-10,14H,1,11-12H2,2-6H3. The molecule has 128 valence electrons. The van der Waals surface area contributed by atoms with Crippen LogP contribution in [0.5, 0.6) is 5.75 Å². The number of para-hydroxylation sites is 1. The van der Waals surface area contributed by atoms with Crippen molar-refractivity contribution in [2.24, 2.45) is 0 Å². The fraction of sp³-hybridized carbons (Fsp3) is 0.400. The van der Waals surface area contributed by atoms with Crippen LogP contribution in [0.1, 0.15) is 54.0 Å². The van der Waals surface area contributed by atoms with Crippen LogP contribution in [-0.4, -0.2) is 22.3 Å². The van der Waals surface area contributed by atoms with Crippen molar-refractivity contribution in [3.05, 3.63) is 58.9 Å².